The van der Waals surface area contributed by atoms with Crippen LogP contribution in [0.15, 0.2) is 47.4 Å². The van der Waals surface area contributed by atoms with Crippen LogP contribution in [0.1, 0.15) is 25.1 Å². The Labute approximate surface area is 172 Å². The lowest BCUT2D eigenvalue weighted by Gasteiger charge is -2.29. The Hall–Kier alpha value is -3.08. The minimum atomic E-state index is -1.79. The molecule has 2 aromatic rings. The summed E-state index contributed by atoms with van der Waals surface area (Å²) in [5, 5.41) is 13.0. The fourth-order valence-corrected chi connectivity index (χ4v) is 3.24. The first kappa shape index (κ1) is 21.6. The fraction of sp³-hybridized carbons (Fsp3) is 0.400. The van der Waals surface area contributed by atoms with Gasteiger partial charge >= 0.3 is 11.7 Å². The number of ether oxygens (including phenoxy) is 3. The van der Waals surface area contributed by atoms with Gasteiger partial charge in [-0.25, -0.2) is 9.59 Å². The first-order valence-corrected chi connectivity index (χ1v) is 9.28. The third kappa shape index (κ3) is 4.56. The van der Waals surface area contributed by atoms with Gasteiger partial charge in [0.05, 0.1) is 20.3 Å². The second-order valence-corrected chi connectivity index (χ2v) is 6.87. The Balaban J connectivity index is 1.78. The molecule has 1 aliphatic rings. The van der Waals surface area contributed by atoms with Crippen LogP contribution in [0.4, 0.5) is 5.82 Å². The van der Waals surface area contributed by atoms with E-state index >= 15 is 0 Å². The number of hydrogen-bond acceptors (Lipinski definition) is 8. The Morgan fingerprint density at radius 3 is 2.70 bits per heavy atom. The Morgan fingerprint density at radius 1 is 1.33 bits per heavy atom. The van der Waals surface area contributed by atoms with E-state index in [1.54, 1.807) is 0 Å². The lowest BCUT2D eigenvalue weighted by atomic mass is 9.98. The average Bonchev–Trinajstić information content (AvgIpc) is 3.05. The number of aliphatic hydroxyl groups excluding tert-OH is 1. The zero-order valence-electron chi connectivity index (χ0n) is 16.6. The van der Waals surface area contributed by atoms with Crippen molar-refractivity contribution in [2.24, 2.45) is 0 Å². The van der Waals surface area contributed by atoms with Crippen LogP contribution in [0.3, 0.4) is 0 Å². The number of aromatic nitrogens is 2. The van der Waals surface area contributed by atoms with Crippen LogP contribution in [0, 0.1) is 0 Å². The molecular weight excluding hydrogens is 394 g/mol. The van der Waals surface area contributed by atoms with Gasteiger partial charge in [-0.3, -0.25) is 9.36 Å². The SMILES string of the molecule is COC(=O)[C@]1(COCc2ccccc2)O[C@H](n2ccc(NC(C)=O)nc2=O)C[C@@H]1O. The average molecular weight is 417 g/mol. The van der Waals surface area contributed by atoms with E-state index < -0.39 is 29.6 Å². The van der Waals surface area contributed by atoms with Crippen LogP contribution < -0.4 is 11.0 Å². The molecule has 1 aromatic heterocycles. The van der Waals surface area contributed by atoms with Crippen molar-refractivity contribution in [3.05, 3.63) is 58.6 Å². The molecule has 10 heteroatoms. The van der Waals surface area contributed by atoms with E-state index in [4.69, 9.17) is 14.2 Å². The Morgan fingerprint density at radius 2 is 2.07 bits per heavy atom. The molecule has 2 N–H and O–H groups in total. The molecule has 3 rings (SSSR count). The molecule has 1 saturated heterocycles. The fourth-order valence-electron chi connectivity index (χ4n) is 3.24. The van der Waals surface area contributed by atoms with E-state index in [1.807, 2.05) is 30.3 Å². The van der Waals surface area contributed by atoms with Gasteiger partial charge in [0.2, 0.25) is 11.5 Å². The van der Waals surface area contributed by atoms with Gasteiger partial charge in [0, 0.05) is 19.5 Å². The van der Waals surface area contributed by atoms with Crippen molar-refractivity contribution in [3.8, 4) is 0 Å². The highest BCUT2D eigenvalue weighted by Gasteiger charge is 2.56. The number of methoxy groups -OCH3 is 1. The van der Waals surface area contributed by atoms with Crippen LogP contribution in [0.2, 0.25) is 0 Å². The van der Waals surface area contributed by atoms with Gasteiger partial charge in [-0.15, -0.1) is 0 Å². The number of aliphatic hydroxyl groups is 1. The number of nitrogens with one attached hydrogen (secondary N) is 1. The summed E-state index contributed by atoms with van der Waals surface area (Å²) in [6, 6.07) is 10.7. The molecular formula is C20H23N3O7. The number of esters is 1. The van der Waals surface area contributed by atoms with Gasteiger partial charge in [0.1, 0.15) is 18.1 Å². The van der Waals surface area contributed by atoms with Crippen molar-refractivity contribution >= 4 is 17.7 Å². The summed E-state index contributed by atoms with van der Waals surface area (Å²) in [5.74, 6) is -1.08. The molecule has 10 nitrogen and oxygen atoms in total. The molecule has 0 spiro atoms. The van der Waals surface area contributed by atoms with Crippen molar-refractivity contribution in [2.45, 2.75) is 37.9 Å². The number of amides is 1. The maximum absolute atomic E-state index is 12.5. The van der Waals surface area contributed by atoms with E-state index in [1.165, 1.54) is 26.3 Å². The molecule has 3 atom stereocenters. The molecule has 1 aromatic carbocycles. The number of carbonyl (C=O) groups excluding carboxylic acids is 2. The van der Waals surface area contributed by atoms with Crippen LogP contribution in [0.25, 0.3) is 0 Å². The first-order chi connectivity index (χ1) is 14.4. The maximum atomic E-state index is 12.5. The summed E-state index contributed by atoms with van der Waals surface area (Å²) in [4.78, 5) is 39.7. The largest absolute Gasteiger partial charge is 0.467 e. The molecule has 30 heavy (non-hydrogen) atoms. The summed E-state index contributed by atoms with van der Waals surface area (Å²) in [6.07, 6.45) is -0.917. The molecule has 160 valence electrons. The zero-order valence-corrected chi connectivity index (χ0v) is 16.6. The number of anilines is 1. The quantitative estimate of drug-likeness (QED) is 0.627. The number of hydrogen-bond donors (Lipinski definition) is 2. The van der Waals surface area contributed by atoms with E-state index in [9.17, 15) is 19.5 Å². The van der Waals surface area contributed by atoms with E-state index in [0.29, 0.717) is 0 Å². The monoisotopic (exact) mass is 417 g/mol. The third-order valence-electron chi connectivity index (χ3n) is 4.71. The second-order valence-electron chi connectivity index (χ2n) is 6.87. The van der Waals surface area contributed by atoms with Gasteiger partial charge in [0.15, 0.2) is 0 Å². The van der Waals surface area contributed by atoms with Gasteiger partial charge in [0.25, 0.3) is 0 Å². The van der Waals surface area contributed by atoms with Gasteiger partial charge < -0.3 is 24.6 Å². The third-order valence-corrected chi connectivity index (χ3v) is 4.71. The highest BCUT2D eigenvalue weighted by Crippen LogP contribution is 2.37. The smallest absolute Gasteiger partial charge is 0.351 e. The first-order valence-electron chi connectivity index (χ1n) is 9.28. The van der Waals surface area contributed by atoms with Crippen molar-refractivity contribution in [1.82, 2.24) is 9.55 Å². The van der Waals surface area contributed by atoms with E-state index in [0.717, 1.165) is 10.1 Å². The number of benzene rings is 1. The lowest BCUT2D eigenvalue weighted by Crippen LogP contribution is -2.52. The predicted octanol–water partition coefficient (Wildman–Crippen LogP) is 0.610. The normalized spacial score (nSPS) is 23.2. The molecule has 0 aliphatic carbocycles. The van der Waals surface area contributed by atoms with E-state index in [2.05, 4.69) is 10.3 Å². The van der Waals surface area contributed by atoms with Crippen molar-refractivity contribution in [2.75, 3.05) is 19.0 Å². The highest BCUT2D eigenvalue weighted by atomic mass is 16.6. The maximum Gasteiger partial charge on any atom is 0.351 e. The van der Waals surface area contributed by atoms with Gasteiger partial charge in [-0.2, -0.15) is 4.98 Å². The van der Waals surface area contributed by atoms with Crippen LogP contribution >= 0.6 is 0 Å². The lowest BCUT2D eigenvalue weighted by molar-refractivity contribution is -0.192. The summed E-state index contributed by atoms with van der Waals surface area (Å²) >= 11 is 0. The molecule has 1 amide bonds. The minimum absolute atomic E-state index is 0.0507. The van der Waals surface area contributed by atoms with Crippen molar-refractivity contribution in [3.63, 3.8) is 0 Å². The van der Waals surface area contributed by atoms with Gasteiger partial charge in [-0.05, 0) is 11.6 Å². The topological polar surface area (TPSA) is 129 Å². The number of nitrogens with zero attached hydrogens (tertiary/aromatic N) is 2. The summed E-state index contributed by atoms with van der Waals surface area (Å²) in [7, 11) is 1.18. The highest BCUT2D eigenvalue weighted by molar-refractivity contribution is 5.87. The Bertz CT molecular complexity index is 962. The van der Waals surface area contributed by atoms with Crippen LogP contribution in [-0.2, 0) is 30.4 Å². The number of rotatable bonds is 7. The van der Waals surface area contributed by atoms with Crippen molar-refractivity contribution in [1.29, 1.82) is 0 Å². The summed E-state index contributed by atoms with van der Waals surface area (Å²) in [5.41, 5.74) is -1.61. The predicted molar refractivity (Wildman–Crippen MR) is 104 cm³/mol. The summed E-state index contributed by atoms with van der Waals surface area (Å²) in [6.45, 7) is 1.23. The minimum Gasteiger partial charge on any atom is -0.467 e. The molecule has 0 bridgehead atoms. The molecule has 1 aliphatic heterocycles. The molecule has 0 saturated carbocycles. The van der Waals surface area contributed by atoms with Gasteiger partial charge in [-0.1, -0.05) is 30.3 Å². The van der Waals surface area contributed by atoms with E-state index in [-0.39, 0.29) is 31.4 Å². The van der Waals surface area contributed by atoms with Crippen LogP contribution in [-0.4, -0.2) is 52.0 Å². The van der Waals surface area contributed by atoms with Crippen LogP contribution in [0.5, 0.6) is 0 Å². The number of carbonyl (C=O) groups is 2. The van der Waals surface area contributed by atoms with Crippen molar-refractivity contribution < 1.29 is 28.9 Å². The second kappa shape index (κ2) is 9.16. The standard InChI is InChI=1S/C20H23N3O7/c1-13(24)21-16-8-9-23(19(27)22-16)17-10-15(25)20(30-17,18(26)28-2)12-29-11-14-6-4-3-5-7-14/h3-9,15,17,25H,10-12H2,1-2H3,(H,21,22,24,27)/t15-,17-,20+/m0/s1. The summed E-state index contributed by atoms with van der Waals surface area (Å²) < 4.78 is 17.4. The molecule has 1 fully saturated rings. The zero-order chi connectivity index (χ0) is 21.7. The molecule has 0 unspecified atom stereocenters. The molecule has 2 heterocycles. The molecule has 0 radical (unpaired) electrons. The Kier molecular flexibility index (Phi) is 6.60.